The van der Waals surface area contributed by atoms with E-state index < -0.39 is 0 Å². The van der Waals surface area contributed by atoms with Crippen molar-refractivity contribution in [1.82, 2.24) is 0 Å². The predicted octanol–water partition coefficient (Wildman–Crippen LogP) is 2.44. The second-order valence-corrected chi connectivity index (χ2v) is 3.62. The minimum atomic E-state index is 0.0702. The summed E-state index contributed by atoms with van der Waals surface area (Å²) in [7, 11) is 0. The van der Waals surface area contributed by atoms with E-state index in [1.165, 1.54) is 0 Å². The van der Waals surface area contributed by atoms with Gasteiger partial charge in [0.1, 0.15) is 0 Å². The van der Waals surface area contributed by atoms with Gasteiger partial charge in [-0.1, -0.05) is 24.3 Å². The molecule has 1 atom stereocenters. The van der Waals surface area contributed by atoms with Gasteiger partial charge < -0.3 is 11.5 Å². The lowest BCUT2D eigenvalue weighted by Crippen LogP contribution is -2.04. The lowest BCUT2D eigenvalue weighted by molar-refractivity contribution is 0.820. The average Bonchev–Trinajstić information content (AvgIpc) is 2.17. The maximum atomic E-state index is 5.85. The Balaban J connectivity index is 2.67. The van der Waals surface area contributed by atoms with Gasteiger partial charge in [0.2, 0.25) is 0 Å². The first kappa shape index (κ1) is 9.03. The molecule has 0 aliphatic rings. The van der Waals surface area contributed by atoms with Crippen molar-refractivity contribution in [1.29, 1.82) is 0 Å². The number of rotatable bonds is 1. The number of fused-ring (bicyclic) bond motifs is 1. The van der Waals surface area contributed by atoms with Gasteiger partial charge in [-0.25, -0.2) is 0 Å². The number of anilines is 1. The molecule has 2 aromatic carbocycles. The van der Waals surface area contributed by atoms with Crippen LogP contribution in [0, 0.1) is 0 Å². The molecule has 2 aromatic rings. The molecule has 0 bridgehead atoms. The molecule has 0 spiro atoms. The fourth-order valence-corrected chi connectivity index (χ4v) is 1.61. The first-order valence-electron chi connectivity index (χ1n) is 4.72. The average molecular weight is 186 g/mol. The maximum Gasteiger partial charge on any atom is 0.0393 e. The van der Waals surface area contributed by atoms with Gasteiger partial charge in [0.25, 0.3) is 0 Å². The standard InChI is InChI=1S/C12H14N2/c1-8(13)9-5-6-11-10(7-9)3-2-4-12(11)14/h2-8H,13-14H2,1H3/t8-/m1/s1. The van der Waals surface area contributed by atoms with Crippen molar-refractivity contribution >= 4 is 16.5 Å². The molecule has 0 aliphatic heterocycles. The van der Waals surface area contributed by atoms with E-state index >= 15 is 0 Å². The number of hydrogen-bond acceptors (Lipinski definition) is 2. The molecular weight excluding hydrogens is 172 g/mol. The molecule has 0 fully saturated rings. The van der Waals surface area contributed by atoms with Crippen molar-refractivity contribution in [3.05, 3.63) is 42.0 Å². The molecule has 2 heteroatoms. The zero-order chi connectivity index (χ0) is 10.1. The van der Waals surface area contributed by atoms with Crippen LogP contribution in [0.25, 0.3) is 10.8 Å². The summed E-state index contributed by atoms with van der Waals surface area (Å²) in [5.74, 6) is 0. The number of nitrogen functional groups attached to an aromatic ring is 1. The monoisotopic (exact) mass is 186 g/mol. The minimum absolute atomic E-state index is 0.0702. The Morgan fingerprint density at radius 3 is 2.64 bits per heavy atom. The van der Waals surface area contributed by atoms with E-state index in [1.807, 2.05) is 31.2 Å². The topological polar surface area (TPSA) is 52.0 Å². The van der Waals surface area contributed by atoms with Crippen molar-refractivity contribution in [2.45, 2.75) is 13.0 Å². The zero-order valence-electron chi connectivity index (χ0n) is 8.20. The molecule has 0 aromatic heterocycles. The third-order valence-corrected chi connectivity index (χ3v) is 2.46. The maximum absolute atomic E-state index is 5.85. The summed E-state index contributed by atoms with van der Waals surface area (Å²) in [6.07, 6.45) is 0. The summed E-state index contributed by atoms with van der Waals surface area (Å²) in [6, 6.07) is 12.2. The van der Waals surface area contributed by atoms with Gasteiger partial charge in [0, 0.05) is 17.1 Å². The third kappa shape index (κ3) is 1.44. The summed E-state index contributed by atoms with van der Waals surface area (Å²) in [4.78, 5) is 0. The van der Waals surface area contributed by atoms with Crippen LogP contribution in [0.15, 0.2) is 36.4 Å². The van der Waals surface area contributed by atoms with E-state index in [0.29, 0.717) is 0 Å². The zero-order valence-corrected chi connectivity index (χ0v) is 8.20. The van der Waals surface area contributed by atoms with Crippen LogP contribution in [-0.2, 0) is 0 Å². The van der Waals surface area contributed by atoms with E-state index in [2.05, 4.69) is 12.1 Å². The van der Waals surface area contributed by atoms with Crippen LogP contribution >= 0.6 is 0 Å². The van der Waals surface area contributed by atoms with Crippen LogP contribution < -0.4 is 11.5 Å². The van der Waals surface area contributed by atoms with Crippen LogP contribution in [0.3, 0.4) is 0 Å². The molecule has 72 valence electrons. The largest absolute Gasteiger partial charge is 0.398 e. The van der Waals surface area contributed by atoms with Gasteiger partial charge in [-0.15, -0.1) is 0 Å². The Bertz CT molecular complexity index is 461. The molecule has 0 unspecified atom stereocenters. The summed E-state index contributed by atoms with van der Waals surface area (Å²) in [5.41, 5.74) is 13.6. The summed E-state index contributed by atoms with van der Waals surface area (Å²) < 4.78 is 0. The molecule has 4 N–H and O–H groups in total. The van der Waals surface area contributed by atoms with E-state index in [1.54, 1.807) is 0 Å². The quantitative estimate of drug-likeness (QED) is 0.672. The molecule has 0 amide bonds. The van der Waals surface area contributed by atoms with Crippen LogP contribution in [0.4, 0.5) is 5.69 Å². The van der Waals surface area contributed by atoms with Gasteiger partial charge in [0.15, 0.2) is 0 Å². The highest BCUT2D eigenvalue weighted by Gasteiger charge is 2.01. The summed E-state index contributed by atoms with van der Waals surface area (Å²) >= 11 is 0. The van der Waals surface area contributed by atoms with Crippen molar-refractivity contribution in [2.24, 2.45) is 5.73 Å². The Morgan fingerprint density at radius 2 is 1.93 bits per heavy atom. The van der Waals surface area contributed by atoms with Crippen molar-refractivity contribution in [2.75, 3.05) is 5.73 Å². The molecular formula is C12H14N2. The van der Waals surface area contributed by atoms with Gasteiger partial charge in [-0.2, -0.15) is 0 Å². The van der Waals surface area contributed by atoms with Gasteiger partial charge >= 0.3 is 0 Å². The van der Waals surface area contributed by atoms with E-state index in [0.717, 1.165) is 22.0 Å². The Kier molecular flexibility index (Phi) is 2.14. The Hall–Kier alpha value is -1.54. The smallest absolute Gasteiger partial charge is 0.0393 e. The first-order valence-corrected chi connectivity index (χ1v) is 4.72. The molecule has 0 saturated heterocycles. The lowest BCUT2D eigenvalue weighted by Gasteiger charge is -2.08. The van der Waals surface area contributed by atoms with Gasteiger partial charge in [-0.05, 0) is 30.0 Å². The van der Waals surface area contributed by atoms with Crippen molar-refractivity contribution in [3.63, 3.8) is 0 Å². The van der Waals surface area contributed by atoms with Crippen LogP contribution in [0.5, 0.6) is 0 Å². The lowest BCUT2D eigenvalue weighted by atomic mass is 10.0. The Labute approximate surface area is 83.5 Å². The van der Waals surface area contributed by atoms with Crippen molar-refractivity contribution in [3.8, 4) is 0 Å². The summed E-state index contributed by atoms with van der Waals surface area (Å²) in [6.45, 7) is 1.98. The fourth-order valence-electron chi connectivity index (χ4n) is 1.61. The van der Waals surface area contributed by atoms with Crippen molar-refractivity contribution < 1.29 is 0 Å². The summed E-state index contributed by atoms with van der Waals surface area (Å²) in [5, 5.41) is 2.25. The molecule has 2 rings (SSSR count). The van der Waals surface area contributed by atoms with Crippen LogP contribution in [0.2, 0.25) is 0 Å². The van der Waals surface area contributed by atoms with Gasteiger partial charge in [-0.3, -0.25) is 0 Å². The predicted molar refractivity (Wildman–Crippen MR) is 61.0 cm³/mol. The van der Waals surface area contributed by atoms with Gasteiger partial charge in [0.05, 0.1) is 0 Å². The van der Waals surface area contributed by atoms with E-state index in [9.17, 15) is 0 Å². The normalized spacial score (nSPS) is 13.0. The molecule has 2 nitrogen and oxygen atoms in total. The minimum Gasteiger partial charge on any atom is -0.398 e. The highest BCUT2D eigenvalue weighted by Crippen LogP contribution is 2.23. The fraction of sp³-hybridized carbons (Fsp3) is 0.167. The third-order valence-electron chi connectivity index (χ3n) is 2.46. The first-order chi connectivity index (χ1) is 6.68. The molecule has 0 saturated carbocycles. The second-order valence-electron chi connectivity index (χ2n) is 3.62. The van der Waals surface area contributed by atoms with Crippen LogP contribution in [-0.4, -0.2) is 0 Å². The number of nitrogens with two attached hydrogens (primary N) is 2. The van der Waals surface area contributed by atoms with Crippen LogP contribution in [0.1, 0.15) is 18.5 Å². The molecule has 0 heterocycles. The number of hydrogen-bond donors (Lipinski definition) is 2. The Morgan fingerprint density at radius 1 is 1.14 bits per heavy atom. The second kappa shape index (κ2) is 3.31. The SMILES string of the molecule is C[C@@H](N)c1ccc2c(N)cccc2c1. The number of benzene rings is 2. The highest BCUT2D eigenvalue weighted by molar-refractivity contribution is 5.93. The molecule has 0 radical (unpaired) electrons. The molecule has 0 aliphatic carbocycles. The molecule has 14 heavy (non-hydrogen) atoms. The van der Waals surface area contributed by atoms with E-state index in [4.69, 9.17) is 11.5 Å². The van der Waals surface area contributed by atoms with E-state index in [-0.39, 0.29) is 6.04 Å². The highest BCUT2D eigenvalue weighted by atomic mass is 14.6.